The highest BCUT2D eigenvalue weighted by Crippen LogP contribution is 2.31. The van der Waals surface area contributed by atoms with E-state index in [1.54, 1.807) is 11.0 Å². The van der Waals surface area contributed by atoms with Gasteiger partial charge in [-0.3, -0.25) is 14.9 Å². The number of nitro benzene ring substituents is 1. The van der Waals surface area contributed by atoms with Crippen molar-refractivity contribution in [1.82, 2.24) is 4.90 Å². The fourth-order valence-corrected chi connectivity index (χ4v) is 3.23. The minimum atomic E-state index is -0.579. The Morgan fingerprint density at radius 1 is 1.38 bits per heavy atom. The van der Waals surface area contributed by atoms with Crippen LogP contribution in [0.25, 0.3) is 0 Å². The Hall–Kier alpha value is -1.62. The largest absolute Gasteiger partial charge is 0.336 e. The molecule has 21 heavy (non-hydrogen) atoms. The molecule has 0 radical (unpaired) electrons. The molecule has 0 aromatic heterocycles. The minimum absolute atomic E-state index is 0.00514. The Morgan fingerprint density at radius 3 is 2.62 bits per heavy atom. The normalized spacial score (nSPS) is 15.7. The summed E-state index contributed by atoms with van der Waals surface area (Å²) in [6.45, 7) is 2.45. The number of rotatable bonds is 4. The maximum absolute atomic E-state index is 12.7. The van der Waals surface area contributed by atoms with Gasteiger partial charge >= 0.3 is 5.69 Å². The number of nitro groups is 1. The first-order valence-electron chi connectivity index (χ1n) is 7.30. The first kappa shape index (κ1) is 15.8. The van der Waals surface area contributed by atoms with Gasteiger partial charge in [-0.25, -0.2) is 0 Å². The van der Waals surface area contributed by atoms with Crippen LogP contribution in [-0.4, -0.2) is 28.3 Å². The summed E-state index contributed by atoms with van der Waals surface area (Å²) in [6.07, 6.45) is 5.33. The van der Waals surface area contributed by atoms with Crippen molar-refractivity contribution in [3.63, 3.8) is 0 Å². The van der Waals surface area contributed by atoms with Gasteiger partial charge in [0, 0.05) is 12.6 Å². The second-order valence-corrected chi connectivity index (χ2v) is 5.68. The molecule has 0 saturated heterocycles. The summed E-state index contributed by atoms with van der Waals surface area (Å²) in [6, 6.07) is 4.68. The van der Waals surface area contributed by atoms with E-state index in [0.29, 0.717) is 6.54 Å². The lowest BCUT2D eigenvalue weighted by Crippen LogP contribution is -2.41. The smallest absolute Gasteiger partial charge is 0.300 e. The second-order valence-electron chi connectivity index (χ2n) is 5.28. The van der Waals surface area contributed by atoms with Crippen LogP contribution in [0.2, 0.25) is 5.02 Å². The van der Waals surface area contributed by atoms with E-state index in [0.717, 1.165) is 25.7 Å². The standard InChI is InChI=1S/C15H19ClN2O3/c1-2-17(11-7-4-3-5-8-11)15(19)12-9-6-10-13(16)14(12)18(20)21/h6,9-11H,2-5,7-8H2,1H3. The van der Waals surface area contributed by atoms with E-state index in [4.69, 9.17) is 11.6 Å². The topological polar surface area (TPSA) is 63.5 Å². The van der Waals surface area contributed by atoms with Gasteiger partial charge in [0.1, 0.15) is 10.6 Å². The summed E-state index contributed by atoms with van der Waals surface area (Å²) < 4.78 is 0. The van der Waals surface area contributed by atoms with Gasteiger partial charge in [0.25, 0.3) is 5.91 Å². The molecule has 5 nitrogen and oxygen atoms in total. The van der Waals surface area contributed by atoms with Crippen LogP contribution in [0.1, 0.15) is 49.4 Å². The zero-order valence-electron chi connectivity index (χ0n) is 12.0. The molecule has 1 aliphatic carbocycles. The summed E-state index contributed by atoms with van der Waals surface area (Å²) in [5.74, 6) is -0.293. The predicted octanol–water partition coefficient (Wildman–Crippen LogP) is 4.04. The van der Waals surface area contributed by atoms with Crippen molar-refractivity contribution in [3.8, 4) is 0 Å². The molecule has 1 fully saturated rings. The number of carbonyl (C=O) groups is 1. The number of halogens is 1. The maximum Gasteiger partial charge on any atom is 0.300 e. The summed E-state index contributed by atoms with van der Waals surface area (Å²) >= 11 is 5.89. The lowest BCUT2D eigenvalue weighted by Gasteiger charge is -2.33. The van der Waals surface area contributed by atoms with E-state index in [9.17, 15) is 14.9 Å². The van der Waals surface area contributed by atoms with Crippen LogP contribution < -0.4 is 0 Å². The Morgan fingerprint density at radius 2 is 2.05 bits per heavy atom. The Bertz CT molecular complexity index is 542. The van der Waals surface area contributed by atoms with Crippen LogP contribution in [0.15, 0.2) is 18.2 Å². The number of hydrogen-bond acceptors (Lipinski definition) is 3. The first-order chi connectivity index (χ1) is 10.1. The highest BCUT2D eigenvalue weighted by molar-refractivity contribution is 6.33. The van der Waals surface area contributed by atoms with Crippen molar-refractivity contribution >= 4 is 23.2 Å². The van der Waals surface area contributed by atoms with Crippen LogP contribution in [0, 0.1) is 10.1 Å². The summed E-state index contributed by atoms with van der Waals surface area (Å²) in [5, 5.41) is 11.2. The summed E-state index contributed by atoms with van der Waals surface area (Å²) in [4.78, 5) is 25.1. The van der Waals surface area contributed by atoms with Gasteiger partial charge in [-0.2, -0.15) is 0 Å². The van der Waals surface area contributed by atoms with Gasteiger partial charge in [0.05, 0.1) is 4.92 Å². The molecule has 6 heteroatoms. The van der Waals surface area contributed by atoms with Crippen LogP contribution in [0.4, 0.5) is 5.69 Å². The van der Waals surface area contributed by atoms with Gasteiger partial charge in [0.2, 0.25) is 0 Å². The first-order valence-corrected chi connectivity index (χ1v) is 7.68. The Labute approximate surface area is 129 Å². The second kappa shape index (κ2) is 6.89. The molecule has 0 atom stereocenters. The summed E-state index contributed by atoms with van der Waals surface area (Å²) in [5.41, 5.74) is -0.210. The van der Waals surface area contributed by atoms with Crippen molar-refractivity contribution in [3.05, 3.63) is 38.9 Å². The van der Waals surface area contributed by atoms with Crippen molar-refractivity contribution in [2.45, 2.75) is 45.1 Å². The molecule has 0 unspecified atom stereocenters. The van der Waals surface area contributed by atoms with E-state index in [2.05, 4.69) is 0 Å². The lowest BCUT2D eigenvalue weighted by molar-refractivity contribution is -0.385. The molecule has 114 valence electrons. The molecule has 0 N–H and O–H groups in total. The number of carbonyl (C=O) groups excluding carboxylic acids is 1. The fraction of sp³-hybridized carbons (Fsp3) is 0.533. The Balaban J connectivity index is 2.33. The number of para-hydroxylation sites is 1. The Kier molecular flexibility index (Phi) is 5.17. The van der Waals surface area contributed by atoms with E-state index >= 15 is 0 Å². The van der Waals surface area contributed by atoms with E-state index in [1.165, 1.54) is 18.6 Å². The molecule has 0 aliphatic heterocycles. The van der Waals surface area contributed by atoms with E-state index in [-0.39, 0.29) is 28.2 Å². The van der Waals surface area contributed by atoms with Crippen LogP contribution in [0.3, 0.4) is 0 Å². The molecular weight excluding hydrogens is 292 g/mol. The quantitative estimate of drug-likeness (QED) is 0.622. The third kappa shape index (κ3) is 3.35. The van der Waals surface area contributed by atoms with Gasteiger partial charge in [-0.1, -0.05) is 36.9 Å². The van der Waals surface area contributed by atoms with Crippen molar-refractivity contribution < 1.29 is 9.72 Å². The number of amides is 1. The van der Waals surface area contributed by atoms with Gasteiger partial charge in [-0.05, 0) is 31.9 Å². The molecule has 1 aromatic rings. The number of benzene rings is 1. The molecular formula is C15H19ClN2O3. The highest BCUT2D eigenvalue weighted by atomic mass is 35.5. The van der Waals surface area contributed by atoms with Crippen molar-refractivity contribution in [2.75, 3.05) is 6.54 Å². The lowest BCUT2D eigenvalue weighted by atomic mass is 9.93. The number of nitrogens with zero attached hydrogens (tertiary/aromatic N) is 2. The highest BCUT2D eigenvalue weighted by Gasteiger charge is 2.30. The zero-order chi connectivity index (χ0) is 15.4. The zero-order valence-corrected chi connectivity index (χ0v) is 12.8. The van der Waals surface area contributed by atoms with Crippen LogP contribution in [0.5, 0.6) is 0 Å². The molecule has 2 rings (SSSR count). The van der Waals surface area contributed by atoms with Crippen molar-refractivity contribution in [2.24, 2.45) is 0 Å². The average molecular weight is 311 g/mol. The fourth-order valence-electron chi connectivity index (χ4n) is 2.99. The minimum Gasteiger partial charge on any atom is -0.336 e. The third-order valence-corrected chi connectivity index (χ3v) is 4.32. The van der Waals surface area contributed by atoms with Crippen LogP contribution >= 0.6 is 11.6 Å². The molecule has 1 aromatic carbocycles. The van der Waals surface area contributed by atoms with Gasteiger partial charge in [-0.15, -0.1) is 0 Å². The van der Waals surface area contributed by atoms with Gasteiger partial charge in [0.15, 0.2) is 0 Å². The molecule has 0 bridgehead atoms. The predicted molar refractivity (Wildman–Crippen MR) is 81.7 cm³/mol. The van der Waals surface area contributed by atoms with Crippen molar-refractivity contribution in [1.29, 1.82) is 0 Å². The molecule has 1 saturated carbocycles. The molecule has 1 amide bonds. The van der Waals surface area contributed by atoms with Crippen LogP contribution in [-0.2, 0) is 0 Å². The maximum atomic E-state index is 12.7. The average Bonchev–Trinajstić information content (AvgIpc) is 2.48. The molecule has 0 spiro atoms. The van der Waals surface area contributed by atoms with Gasteiger partial charge < -0.3 is 4.90 Å². The van der Waals surface area contributed by atoms with E-state index in [1.807, 2.05) is 6.92 Å². The molecule has 0 heterocycles. The SMILES string of the molecule is CCN(C(=O)c1cccc(Cl)c1[N+](=O)[O-])C1CCCCC1. The molecule has 1 aliphatic rings. The monoisotopic (exact) mass is 310 g/mol. The summed E-state index contributed by atoms with van der Waals surface area (Å²) in [7, 11) is 0. The number of hydrogen-bond donors (Lipinski definition) is 0. The third-order valence-electron chi connectivity index (χ3n) is 4.02. The van der Waals surface area contributed by atoms with E-state index < -0.39 is 4.92 Å².